The SMILES string of the molecule is Nc1cccc(/C=C/c2cccc(Cl)c2)n1. The summed E-state index contributed by atoms with van der Waals surface area (Å²) in [6.45, 7) is 0. The molecule has 2 aromatic rings. The fourth-order valence-corrected chi connectivity index (χ4v) is 1.55. The molecule has 1 aromatic carbocycles. The molecule has 2 rings (SSSR count). The van der Waals surface area contributed by atoms with Crippen molar-refractivity contribution in [3.05, 3.63) is 58.7 Å². The van der Waals surface area contributed by atoms with E-state index in [1.54, 1.807) is 6.07 Å². The van der Waals surface area contributed by atoms with Gasteiger partial charge in [-0.15, -0.1) is 0 Å². The molecule has 0 radical (unpaired) electrons. The smallest absolute Gasteiger partial charge is 0.124 e. The topological polar surface area (TPSA) is 38.9 Å². The number of anilines is 1. The van der Waals surface area contributed by atoms with Crippen LogP contribution in [0.15, 0.2) is 42.5 Å². The number of nitrogens with two attached hydrogens (primary N) is 1. The summed E-state index contributed by atoms with van der Waals surface area (Å²) >= 11 is 5.88. The Balaban J connectivity index is 2.21. The van der Waals surface area contributed by atoms with E-state index in [9.17, 15) is 0 Å². The number of nitrogens with zero attached hydrogens (tertiary/aromatic N) is 1. The molecule has 1 heterocycles. The van der Waals surface area contributed by atoms with Gasteiger partial charge in [-0.3, -0.25) is 0 Å². The largest absolute Gasteiger partial charge is 0.384 e. The van der Waals surface area contributed by atoms with Crippen molar-refractivity contribution >= 4 is 29.6 Å². The standard InChI is InChI=1S/C13H11ClN2/c14-11-4-1-3-10(9-11)7-8-12-5-2-6-13(15)16-12/h1-9H,(H2,15,16)/b8-7+. The minimum Gasteiger partial charge on any atom is -0.384 e. The molecule has 2 nitrogen and oxygen atoms in total. The van der Waals surface area contributed by atoms with Crippen molar-refractivity contribution in [1.82, 2.24) is 4.98 Å². The van der Waals surface area contributed by atoms with Crippen LogP contribution in [0, 0.1) is 0 Å². The highest BCUT2D eigenvalue weighted by atomic mass is 35.5. The monoisotopic (exact) mass is 230 g/mol. The van der Waals surface area contributed by atoms with Crippen LogP contribution in [-0.4, -0.2) is 4.98 Å². The molecule has 0 unspecified atom stereocenters. The van der Waals surface area contributed by atoms with Gasteiger partial charge < -0.3 is 5.73 Å². The summed E-state index contributed by atoms with van der Waals surface area (Å²) in [7, 11) is 0. The zero-order chi connectivity index (χ0) is 11.4. The van der Waals surface area contributed by atoms with Crippen LogP contribution < -0.4 is 5.73 Å². The Bertz CT molecular complexity index is 473. The quantitative estimate of drug-likeness (QED) is 0.858. The molecule has 0 saturated carbocycles. The summed E-state index contributed by atoms with van der Waals surface area (Å²) in [5.74, 6) is 0.522. The highest BCUT2D eigenvalue weighted by Crippen LogP contribution is 2.13. The number of aromatic nitrogens is 1. The van der Waals surface area contributed by atoms with Crippen molar-refractivity contribution in [3.63, 3.8) is 0 Å². The van der Waals surface area contributed by atoms with Gasteiger partial charge in [-0.2, -0.15) is 0 Å². The van der Waals surface area contributed by atoms with E-state index in [1.165, 1.54) is 0 Å². The van der Waals surface area contributed by atoms with E-state index in [-0.39, 0.29) is 0 Å². The minimum atomic E-state index is 0.522. The van der Waals surface area contributed by atoms with Gasteiger partial charge in [0.1, 0.15) is 5.82 Å². The van der Waals surface area contributed by atoms with Crippen LogP contribution >= 0.6 is 11.6 Å². The van der Waals surface area contributed by atoms with Gasteiger partial charge in [-0.25, -0.2) is 4.98 Å². The first-order chi connectivity index (χ1) is 7.74. The molecule has 0 aliphatic carbocycles. The Morgan fingerprint density at radius 3 is 2.62 bits per heavy atom. The van der Waals surface area contributed by atoms with Crippen LogP contribution in [0.2, 0.25) is 5.02 Å². The molecule has 0 amide bonds. The average molecular weight is 231 g/mol. The van der Waals surface area contributed by atoms with Crippen molar-refractivity contribution < 1.29 is 0 Å². The maximum absolute atomic E-state index is 5.88. The van der Waals surface area contributed by atoms with E-state index in [0.29, 0.717) is 5.82 Å². The lowest BCUT2D eigenvalue weighted by atomic mass is 10.2. The summed E-state index contributed by atoms with van der Waals surface area (Å²) in [6, 6.07) is 13.2. The van der Waals surface area contributed by atoms with Crippen molar-refractivity contribution in [2.45, 2.75) is 0 Å². The zero-order valence-electron chi connectivity index (χ0n) is 8.60. The van der Waals surface area contributed by atoms with E-state index in [0.717, 1.165) is 16.3 Å². The molecule has 1 aromatic heterocycles. The van der Waals surface area contributed by atoms with Crippen LogP contribution in [-0.2, 0) is 0 Å². The molecule has 2 N–H and O–H groups in total. The Kier molecular flexibility index (Phi) is 3.22. The molecule has 16 heavy (non-hydrogen) atoms. The van der Waals surface area contributed by atoms with Crippen LogP contribution in [0.25, 0.3) is 12.2 Å². The Labute approximate surface area is 99.4 Å². The van der Waals surface area contributed by atoms with E-state index in [2.05, 4.69) is 4.98 Å². The van der Waals surface area contributed by atoms with E-state index in [4.69, 9.17) is 17.3 Å². The maximum Gasteiger partial charge on any atom is 0.124 e. The first-order valence-corrected chi connectivity index (χ1v) is 5.28. The lowest BCUT2D eigenvalue weighted by molar-refractivity contribution is 1.31. The lowest BCUT2D eigenvalue weighted by Gasteiger charge is -1.96. The first kappa shape index (κ1) is 10.7. The summed E-state index contributed by atoms with van der Waals surface area (Å²) < 4.78 is 0. The molecule has 80 valence electrons. The average Bonchev–Trinajstić information content (AvgIpc) is 2.27. The summed E-state index contributed by atoms with van der Waals surface area (Å²) in [4.78, 5) is 4.17. The van der Waals surface area contributed by atoms with Crippen LogP contribution in [0.4, 0.5) is 5.82 Å². The van der Waals surface area contributed by atoms with Crippen molar-refractivity contribution in [3.8, 4) is 0 Å². The molecule has 0 bridgehead atoms. The predicted octanol–water partition coefficient (Wildman–Crippen LogP) is 3.49. The summed E-state index contributed by atoms with van der Waals surface area (Å²) in [6.07, 6.45) is 3.86. The second-order valence-corrected chi connectivity index (χ2v) is 3.81. The molecule has 3 heteroatoms. The zero-order valence-corrected chi connectivity index (χ0v) is 9.35. The van der Waals surface area contributed by atoms with Crippen molar-refractivity contribution in [2.75, 3.05) is 5.73 Å². The molecule has 0 aliphatic rings. The number of nitrogen functional groups attached to an aromatic ring is 1. The highest BCUT2D eigenvalue weighted by molar-refractivity contribution is 6.30. The molecule has 0 aliphatic heterocycles. The lowest BCUT2D eigenvalue weighted by Crippen LogP contribution is -1.90. The molecular weight excluding hydrogens is 220 g/mol. The third-order valence-electron chi connectivity index (χ3n) is 2.09. The van der Waals surface area contributed by atoms with E-state index >= 15 is 0 Å². The fraction of sp³-hybridized carbons (Fsp3) is 0. The molecule has 0 fully saturated rings. The Morgan fingerprint density at radius 2 is 1.88 bits per heavy atom. The van der Waals surface area contributed by atoms with Gasteiger partial charge in [-0.1, -0.05) is 35.9 Å². The second kappa shape index (κ2) is 4.81. The number of hydrogen-bond acceptors (Lipinski definition) is 2. The second-order valence-electron chi connectivity index (χ2n) is 3.38. The van der Waals surface area contributed by atoms with Gasteiger partial charge in [0.15, 0.2) is 0 Å². The molecule has 0 spiro atoms. The molecule has 0 atom stereocenters. The van der Waals surface area contributed by atoms with E-state index in [1.807, 2.05) is 48.6 Å². The van der Waals surface area contributed by atoms with E-state index < -0.39 is 0 Å². The third kappa shape index (κ3) is 2.84. The minimum absolute atomic E-state index is 0.522. The number of halogens is 1. The van der Waals surface area contributed by atoms with Gasteiger partial charge in [0, 0.05) is 5.02 Å². The maximum atomic E-state index is 5.88. The van der Waals surface area contributed by atoms with Gasteiger partial charge in [-0.05, 0) is 35.9 Å². The Hall–Kier alpha value is -1.80. The number of hydrogen-bond donors (Lipinski definition) is 1. The molecule has 0 saturated heterocycles. The summed E-state index contributed by atoms with van der Waals surface area (Å²) in [5.41, 5.74) is 7.46. The molecular formula is C13H11ClN2. The number of pyridine rings is 1. The fourth-order valence-electron chi connectivity index (χ4n) is 1.35. The van der Waals surface area contributed by atoms with Crippen molar-refractivity contribution in [2.24, 2.45) is 0 Å². The third-order valence-corrected chi connectivity index (χ3v) is 2.32. The van der Waals surface area contributed by atoms with Gasteiger partial charge in [0.25, 0.3) is 0 Å². The predicted molar refractivity (Wildman–Crippen MR) is 69.0 cm³/mol. The van der Waals surface area contributed by atoms with Crippen molar-refractivity contribution in [1.29, 1.82) is 0 Å². The van der Waals surface area contributed by atoms with Gasteiger partial charge in [0.2, 0.25) is 0 Å². The highest BCUT2D eigenvalue weighted by Gasteiger charge is 1.91. The van der Waals surface area contributed by atoms with Gasteiger partial charge >= 0.3 is 0 Å². The van der Waals surface area contributed by atoms with Crippen LogP contribution in [0.5, 0.6) is 0 Å². The first-order valence-electron chi connectivity index (χ1n) is 4.90. The number of benzene rings is 1. The Morgan fingerprint density at radius 1 is 1.06 bits per heavy atom. The van der Waals surface area contributed by atoms with Crippen LogP contribution in [0.3, 0.4) is 0 Å². The van der Waals surface area contributed by atoms with Gasteiger partial charge in [0.05, 0.1) is 5.69 Å². The van der Waals surface area contributed by atoms with Crippen LogP contribution in [0.1, 0.15) is 11.3 Å². The normalized spacial score (nSPS) is 10.8. The summed E-state index contributed by atoms with van der Waals surface area (Å²) in [5, 5.41) is 0.725. The number of rotatable bonds is 2.